The normalized spacial score (nSPS) is 49.8. The summed E-state index contributed by atoms with van der Waals surface area (Å²) in [6.45, 7) is 17.9. The molecule has 3 heterocycles. The predicted octanol–water partition coefficient (Wildman–Crippen LogP) is 4.82. The van der Waals surface area contributed by atoms with E-state index in [-0.39, 0.29) is 58.2 Å². The second-order valence-corrected chi connectivity index (χ2v) is 21.6. The Morgan fingerprint density at radius 1 is 1.00 bits per heavy atom. The van der Waals surface area contributed by atoms with Crippen molar-refractivity contribution in [1.82, 2.24) is 9.62 Å². The Morgan fingerprint density at radius 2 is 1.67 bits per heavy atom. The van der Waals surface area contributed by atoms with Crippen molar-refractivity contribution in [2.45, 2.75) is 154 Å². The third kappa shape index (κ3) is 5.19. The monoisotopic (exact) mass is 762 g/mol. The number of alkyl halides is 3. The lowest BCUT2D eigenvalue weighted by molar-refractivity contribution is -0.256. The van der Waals surface area contributed by atoms with Gasteiger partial charge in [0.25, 0.3) is 0 Å². The van der Waals surface area contributed by atoms with E-state index in [0.29, 0.717) is 18.6 Å². The number of aliphatic hydroxyl groups excluding tert-OH is 1. The third-order valence-electron chi connectivity index (χ3n) is 17.0. The molecule has 9 unspecified atom stereocenters. The van der Waals surface area contributed by atoms with Crippen LogP contribution in [-0.2, 0) is 29.0 Å². The van der Waals surface area contributed by atoms with Gasteiger partial charge >= 0.3 is 15.5 Å². The van der Waals surface area contributed by atoms with Crippen LogP contribution in [0.25, 0.3) is 0 Å². The number of ether oxygens (including phenoxy) is 4. The zero-order valence-corrected chi connectivity index (χ0v) is 32.7. The van der Waals surface area contributed by atoms with Crippen LogP contribution < -0.4 is 4.72 Å². The van der Waals surface area contributed by atoms with Crippen molar-refractivity contribution in [3.8, 4) is 0 Å². The summed E-state index contributed by atoms with van der Waals surface area (Å²) in [5.41, 5.74) is -7.95. The van der Waals surface area contributed by atoms with Gasteiger partial charge in [0.15, 0.2) is 6.29 Å². The lowest BCUT2D eigenvalue weighted by Crippen LogP contribution is -2.61. The van der Waals surface area contributed by atoms with Crippen LogP contribution in [0.15, 0.2) is 0 Å². The summed E-state index contributed by atoms with van der Waals surface area (Å²) < 4.78 is 91.9. The summed E-state index contributed by atoms with van der Waals surface area (Å²) in [5.74, 6) is 0.603. The molecule has 14 heteroatoms. The van der Waals surface area contributed by atoms with E-state index in [1.165, 1.54) is 13.8 Å². The van der Waals surface area contributed by atoms with Crippen molar-refractivity contribution in [2.75, 3.05) is 32.9 Å². The molecule has 0 aromatic heterocycles. The van der Waals surface area contributed by atoms with Gasteiger partial charge in [0, 0.05) is 12.0 Å². The minimum Gasteiger partial charge on any atom is -0.390 e. The molecule has 14 atom stereocenters. The number of nitrogens with zero attached hydrogens (tertiary/aromatic N) is 1. The smallest absolute Gasteiger partial charge is 0.390 e. The number of morpholine rings is 1. The van der Waals surface area contributed by atoms with Gasteiger partial charge in [0.05, 0.1) is 68.5 Å². The van der Waals surface area contributed by atoms with Crippen LogP contribution in [0.5, 0.6) is 0 Å². The van der Waals surface area contributed by atoms with E-state index in [9.17, 15) is 31.8 Å². The maximum Gasteiger partial charge on any atom is 0.511 e. The topological polar surface area (TPSA) is 127 Å². The van der Waals surface area contributed by atoms with Gasteiger partial charge in [0.1, 0.15) is 0 Å². The number of aliphatic hydroxyl groups is 2. The summed E-state index contributed by atoms with van der Waals surface area (Å²) >= 11 is 0. The lowest BCUT2D eigenvalue weighted by Gasteiger charge is -2.64. The molecule has 0 aromatic rings. The SMILES string of the molecule is C[C@@H]1CC(C(NS(=O)(=O)C(F)(F)F)C(C)(C)O)OC2[C@H]1C1(C)CCC34CC35CCC(OC3CN(C6COC6)CCO3)C(C)(C)[C@@H]5CCC4[C@]1(C)[C@H]2O. The molecule has 3 aliphatic heterocycles. The molecule has 10 nitrogen and oxygen atoms in total. The largest absolute Gasteiger partial charge is 0.511 e. The molecule has 5 aliphatic carbocycles. The first-order valence-electron chi connectivity index (χ1n) is 19.8. The second-order valence-electron chi connectivity index (χ2n) is 19.9. The van der Waals surface area contributed by atoms with Gasteiger partial charge in [-0.2, -0.15) is 17.9 Å². The minimum atomic E-state index is -5.76. The maximum absolute atomic E-state index is 13.5. The van der Waals surface area contributed by atoms with Crippen LogP contribution in [0, 0.1) is 50.7 Å². The first kappa shape index (κ1) is 38.3. The highest BCUT2D eigenvalue weighted by Crippen LogP contribution is 2.89. The first-order valence-corrected chi connectivity index (χ1v) is 21.3. The highest BCUT2D eigenvalue weighted by molar-refractivity contribution is 7.90. The summed E-state index contributed by atoms with van der Waals surface area (Å²) in [6, 6.07) is -1.10. The van der Waals surface area contributed by atoms with Gasteiger partial charge < -0.3 is 29.2 Å². The highest BCUT2D eigenvalue weighted by atomic mass is 32.2. The molecule has 3 saturated heterocycles. The molecule has 0 amide bonds. The Kier molecular flexibility index (Phi) is 8.82. The fraction of sp³-hybridized carbons (Fsp3) is 1.00. The van der Waals surface area contributed by atoms with Crippen molar-refractivity contribution in [3.05, 3.63) is 0 Å². The van der Waals surface area contributed by atoms with Gasteiger partial charge in [-0.15, -0.1) is 0 Å². The van der Waals surface area contributed by atoms with E-state index in [1.807, 2.05) is 0 Å². The fourth-order valence-electron chi connectivity index (χ4n) is 14.3. The number of fused-ring (bicyclic) bond motifs is 4. The van der Waals surface area contributed by atoms with Crippen molar-refractivity contribution >= 4 is 10.0 Å². The van der Waals surface area contributed by atoms with E-state index >= 15 is 0 Å². The number of hydrogen-bond donors (Lipinski definition) is 3. The van der Waals surface area contributed by atoms with Gasteiger partial charge in [-0.25, -0.2) is 8.42 Å². The molecule has 52 heavy (non-hydrogen) atoms. The zero-order chi connectivity index (χ0) is 37.7. The molecule has 8 fully saturated rings. The number of halogens is 3. The molecule has 8 aliphatic rings. The van der Waals surface area contributed by atoms with E-state index in [1.54, 1.807) is 4.72 Å². The Hall–Kier alpha value is -0.580. The summed E-state index contributed by atoms with van der Waals surface area (Å²) in [7, 11) is -5.76. The Morgan fingerprint density at radius 3 is 2.31 bits per heavy atom. The molecule has 0 radical (unpaired) electrons. The van der Waals surface area contributed by atoms with E-state index in [0.717, 1.165) is 71.2 Å². The molecule has 0 aromatic carbocycles. The van der Waals surface area contributed by atoms with Crippen LogP contribution in [0.4, 0.5) is 13.2 Å². The van der Waals surface area contributed by atoms with Crippen LogP contribution >= 0.6 is 0 Å². The van der Waals surface area contributed by atoms with Crippen LogP contribution in [-0.4, -0.2) is 110 Å². The molecule has 8 rings (SSSR count). The van der Waals surface area contributed by atoms with Crippen molar-refractivity contribution in [3.63, 3.8) is 0 Å². The van der Waals surface area contributed by atoms with Gasteiger partial charge in [-0.3, -0.25) is 4.90 Å². The Balaban J connectivity index is 1.03. The third-order valence-corrected chi connectivity index (χ3v) is 18.2. The van der Waals surface area contributed by atoms with Crippen molar-refractivity contribution < 1.29 is 50.7 Å². The van der Waals surface area contributed by atoms with Crippen molar-refractivity contribution in [2.24, 2.45) is 50.7 Å². The lowest BCUT2D eigenvalue weighted by atomic mass is 9.41. The van der Waals surface area contributed by atoms with E-state index < -0.39 is 50.9 Å². The number of nitrogens with one attached hydrogen (secondary N) is 1. The van der Waals surface area contributed by atoms with Gasteiger partial charge in [0.2, 0.25) is 0 Å². The molecular formula is C38H61F3N2O8S. The first-order chi connectivity index (χ1) is 24.0. The maximum atomic E-state index is 13.5. The Bertz CT molecular complexity index is 1520. The minimum absolute atomic E-state index is 0.0530. The zero-order valence-electron chi connectivity index (χ0n) is 31.9. The molecule has 298 valence electrons. The van der Waals surface area contributed by atoms with Crippen LogP contribution in [0.1, 0.15) is 99.8 Å². The van der Waals surface area contributed by atoms with Gasteiger partial charge in [-0.1, -0.05) is 34.6 Å². The van der Waals surface area contributed by atoms with E-state index in [2.05, 4.69) is 39.5 Å². The standard InChI is InChI=1S/C38H61F3N2O8S/c1-21-16-23(30(33(4,5)45)42-52(46,47)38(39,40)41)50-29-28(21)34(6)12-13-37-20-36(37)11-10-26(51-27-17-43(14-15-49-27)22-18-48-19-22)32(2,3)24(36)8-9-25(37)35(34,7)31(29)44/h21-31,42,44-45H,8-20H2,1-7H3/t21-,23?,24+,25?,26?,27?,28+,29?,30?,31+,34?,35-,36?,37?/m1/s1. The van der Waals surface area contributed by atoms with E-state index in [4.69, 9.17) is 18.9 Å². The van der Waals surface area contributed by atoms with Crippen LogP contribution in [0.2, 0.25) is 0 Å². The van der Waals surface area contributed by atoms with Crippen molar-refractivity contribution in [1.29, 1.82) is 0 Å². The number of rotatable bonds is 7. The molecular weight excluding hydrogens is 701 g/mol. The highest BCUT2D eigenvalue weighted by Gasteiger charge is 2.84. The van der Waals surface area contributed by atoms with Crippen LogP contribution in [0.3, 0.4) is 0 Å². The fourth-order valence-corrected chi connectivity index (χ4v) is 15.3. The number of hydrogen-bond acceptors (Lipinski definition) is 9. The second kappa shape index (κ2) is 12.0. The summed E-state index contributed by atoms with van der Waals surface area (Å²) in [4.78, 5) is 2.44. The molecule has 5 saturated carbocycles. The Labute approximate surface area is 307 Å². The molecule has 0 bridgehead atoms. The molecule has 2 spiro atoms. The summed E-state index contributed by atoms with van der Waals surface area (Å²) in [5, 5.41) is 23.6. The average Bonchev–Trinajstić information content (AvgIpc) is 3.64. The molecule has 3 N–H and O–H groups in total. The average molecular weight is 763 g/mol. The predicted molar refractivity (Wildman–Crippen MR) is 185 cm³/mol. The number of sulfonamides is 1. The summed E-state index contributed by atoms with van der Waals surface area (Å²) in [6.07, 6.45) is 4.74. The quantitative estimate of drug-likeness (QED) is 0.335. The van der Waals surface area contributed by atoms with Gasteiger partial charge in [-0.05, 0) is 111 Å².